The number of rotatable bonds is 6. The predicted octanol–water partition coefficient (Wildman–Crippen LogP) is 3.40. The predicted molar refractivity (Wildman–Crippen MR) is 71.4 cm³/mol. The van der Waals surface area contributed by atoms with Crippen LogP contribution in [0.25, 0.3) is 0 Å². The summed E-state index contributed by atoms with van der Waals surface area (Å²) in [6.07, 6.45) is 1.49. The molecule has 0 aliphatic carbocycles. The summed E-state index contributed by atoms with van der Waals surface area (Å²) in [5.41, 5.74) is 1.05. The molecular formula is C13H19BrFNO. The van der Waals surface area contributed by atoms with Crippen LogP contribution < -0.4 is 5.32 Å². The Bertz CT molecular complexity index is 357. The van der Waals surface area contributed by atoms with Crippen LogP contribution in [0.15, 0.2) is 22.7 Å². The molecule has 96 valence electrons. The lowest BCUT2D eigenvalue weighted by atomic mass is 10.1. The van der Waals surface area contributed by atoms with E-state index in [4.69, 9.17) is 5.11 Å². The van der Waals surface area contributed by atoms with Crippen molar-refractivity contribution in [1.82, 2.24) is 5.32 Å². The molecule has 0 saturated carbocycles. The van der Waals surface area contributed by atoms with Crippen LogP contribution in [0.3, 0.4) is 0 Å². The molecule has 2 nitrogen and oxygen atoms in total. The molecule has 0 saturated heterocycles. The van der Waals surface area contributed by atoms with Crippen molar-refractivity contribution in [1.29, 1.82) is 0 Å². The van der Waals surface area contributed by atoms with Gasteiger partial charge in [0.15, 0.2) is 0 Å². The van der Waals surface area contributed by atoms with Gasteiger partial charge in [0, 0.05) is 6.04 Å². The zero-order chi connectivity index (χ0) is 12.8. The highest BCUT2D eigenvalue weighted by molar-refractivity contribution is 9.10. The van der Waals surface area contributed by atoms with Crippen LogP contribution in [-0.2, 0) is 0 Å². The van der Waals surface area contributed by atoms with Gasteiger partial charge in [0.1, 0.15) is 5.82 Å². The van der Waals surface area contributed by atoms with Gasteiger partial charge in [-0.15, -0.1) is 0 Å². The Morgan fingerprint density at radius 3 is 2.71 bits per heavy atom. The van der Waals surface area contributed by atoms with E-state index < -0.39 is 0 Å². The van der Waals surface area contributed by atoms with Crippen molar-refractivity contribution < 1.29 is 9.50 Å². The van der Waals surface area contributed by atoms with Crippen molar-refractivity contribution in [2.75, 3.05) is 6.54 Å². The Kier molecular flexibility index (Phi) is 6.09. The number of aliphatic hydroxyl groups excluding tert-OH is 1. The van der Waals surface area contributed by atoms with Gasteiger partial charge in [-0.25, -0.2) is 4.39 Å². The SMILES string of the molecule is CC(O)CCCNC(C)c1ccc(F)c(Br)c1. The van der Waals surface area contributed by atoms with E-state index >= 15 is 0 Å². The van der Waals surface area contributed by atoms with E-state index in [1.54, 1.807) is 19.1 Å². The van der Waals surface area contributed by atoms with E-state index in [1.165, 1.54) is 6.07 Å². The minimum absolute atomic E-state index is 0.181. The Morgan fingerprint density at radius 1 is 1.41 bits per heavy atom. The fourth-order valence-corrected chi connectivity index (χ4v) is 2.01. The Hall–Kier alpha value is -0.450. The molecule has 1 aromatic carbocycles. The number of benzene rings is 1. The number of halogens is 2. The Morgan fingerprint density at radius 2 is 2.12 bits per heavy atom. The normalized spacial score (nSPS) is 14.6. The zero-order valence-electron chi connectivity index (χ0n) is 10.2. The lowest BCUT2D eigenvalue weighted by Crippen LogP contribution is -2.20. The number of hydrogen-bond donors (Lipinski definition) is 2. The zero-order valence-corrected chi connectivity index (χ0v) is 11.8. The molecule has 2 unspecified atom stereocenters. The summed E-state index contributed by atoms with van der Waals surface area (Å²) in [7, 11) is 0. The first-order valence-electron chi connectivity index (χ1n) is 5.87. The smallest absolute Gasteiger partial charge is 0.137 e. The second-order valence-corrected chi connectivity index (χ2v) is 5.19. The second kappa shape index (κ2) is 7.09. The molecule has 2 atom stereocenters. The molecule has 0 amide bonds. The van der Waals surface area contributed by atoms with Crippen LogP contribution in [0.5, 0.6) is 0 Å². The third-order valence-electron chi connectivity index (χ3n) is 2.69. The van der Waals surface area contributed by atoms with Gasteiger partial charge in [0.2, 0.25) is 0 Å². The topological polar surface area (TPSA) is 32.3 Å². The fraction of sp³-hybridized carbons (Fsp3) is 0.538. The summed E-state index contributed by atoms with van der Waals surface area (Å²) in [5.74, 6) is -0.241. The van der Waals surface area contributed by atoms with Crippen LogP contribution in [0.4, 0.5) is 4.39 Å². The summed E-state index contributed by atoms with van der Waals surface area (Å²) in [6, 6.07) is 5.22. The molecule has 0 spiro atoms. The fourth-order valence-electron chi connectivity index (χ4n) is 1.62. The average Bonchev–Trinajstić information content (AvgIpc) is 2.27. The van der Waals surface area contributed by atoms with E-state index in [2.05, 4.69) is 21.2 Å². The molecule has 0 radical (unpaired) electrons. The third kappa shape index (κ3) is 5.15. The molecule has 1 rings (SSSR count). The van der Waals surface area contributed by atoms with Crippen LogP contribution in [0.1, 0.15) is 38.3 Å². The van der Waals surface area contributed by atoms with Crippen molar-refractivity contribution in [2.45, 2.75) is 38.8 Å². The number of hydrogen-bond acceptors (Lipinski definition) is 2. The maximum Gasteiger partial charge on any atom is 0.137 e. The van der Waals surface area contributed by atoms with Gasteiger partial charge in [0.05, 0.1) is 10.6 Å². The standard InChI is InChI=1S/C13H19BrFNO/c1-9(17)4-3-7-16-10(2)11-5-6-13(15)12(14)8-11/h5-6,8-10,16-17H,3-4,7H2,1-2H3. The van der Waals surface area contributed by atoms with E-state index in [-0.39, 0.29) is 18.0 Å². The van der Waals surface area contributed by atoms with E-state index in [1.807, 2.05) is 6.92 Å². The molecule has 1 aromatic rings. The summed E-state index contributed by atoms with van der Waals surface area (Å²) in [6.45, 7) is 4.68. The molecular weight excluding hydrogens is 285 g/mol. The van der Waals surface area contributed by atoms with Gasteiger partial charge < -0.3 is 10.4 Å². The van der Waals surface area contributed by atoms with Crippen molar-refractivity contribution >= 4 is 15.9 Å². The summed E-state index contributed by atoms with van der Waals surface area (Å²) in [4.78, 5) is 0. The Balaban J connectivity index is 2.41. The molecule has 0 bridgehead atoms. The van der Waals surface area contributed by atoms with Gasteiger partial charge in [-0.2, -0.15) is 0 Å². The first kappa shape index (κ1) is 14.6. The monoisotopic (exact) mass is 303 g/mol. The number of nitrogens with one attached hydrogen (secondary N) is 1. The van der Waals surface area contributed by atoms with E-state index in [0.717, 1.165) is 24.9 Å². The average molecular weight is 304 g/mol. The molecule has 0 aromatic heterocycles. The van der Waals surface area contributed by atoms with E-state index in [0.29, 0.717) is 4.47 Å². The molecule has 0 aliphatic rings. The number of aliphatic hydroxyl groups is 1. The van der Waals surface area contributed by atoms with Gasteiger partial charge in [0.25, 0.3) is 0 Å². The highest BCUT2D eigenvalue weighted by Crippen LogP contribution is 2.21. The maximum atomic E-state index is 13.1. The molecule has 0 aliphatic heterocycles. The third-order valence-corrected chi connectivity index (χ3v) is 3.30. The van der Waals surface area contributed by atoms with Crippen molar-refractivity contribution in [3.05, 3.63) is 34.1 Å². The molecule has 0 heterocycles. The second-order valence-electron chi connectivity index (χ2n) is 4.34. The van der Waals surface area contributed by atoms with Gasteiger partial charge >= 0.3 is 0 Å². The first-order valence-corrected chi connectivity index (χ1v) is 6.66. The largest absolute Gasteiger partial charge is 0.393 e. The van der Waals surface area contributed by atoms with Crippen LogP contribution in [-0.4, -0.2) is 17.8 Å². The quantitative estimate of drug-likeness (QED) is 0.790. The highest BCUT2D eigenvalue weighted by atomic mass is 79.9. The molecule has 0 fully saturated rings. The molecule has 2 N–H and O–H groups in total. The van der Waals surface area contributed by atoms with Gasteiger partial charge in [-0.05, 0) is 66.9 Å². The van der Waals surface area contributed by atoms with Crippen molar-refractivity contribution in [3.8, 4) is 0 Å². The van der Waals surface area contributed by atoms with Crippen LogP contribution in [0.2, 0.25) is 0 Å². The lowest BCUT2D eigenvalue weighted by molar-refractivity contribution is 0.181. The van der Waals surface area contributed by atoms with Crippen LogP contribution >= 0.6 is 15.9 Å². The minimum Gasteiger partial charge on any atom is -0.393 e. The lowest BCUT2D eigenvalue weighted by Gasteiger charge is -2.15. The molecule has 17 heavy (non-hydrogen) atoms. The summed E-state index contributed by atoms with van der Waals surface area (Å²) in [5, 5.41) is 12.5. The highest BCUT2D eigenvalue weighted by Gasteiger charge is 2.07. The molecule has 4 heteroatoms. The first-order chi connectivity index (χ1) is 8.00. The van der Waals surface area contributed by atoms with Gasteiger partial charge in [-0.1, -0.05) is 6.07 Å². The maximum absolute atomic E-state index is 13.1. The summed E-state index contributed by atoms with van der Waals surface area (Å²) < 4.78 is 13.6. The van der Waals surface area contributed by atoms with Crippen molar-refractivity contribution in [2.24, 2.45) is 0 Å². The minimum atomic E-state index is -0.243. The van der Waals surface area contributed by atoms with Crippen LogP contribution in [0, 0.1) is 5.82 Å². The summed E-state index contributed by atoms with van der Waals surface area (Å²) >= 11 is 3.18. The Labute approximate surface area is 110 Å². The van der Waals surface area contributed by atoms with Crippen molar-refractivity contribution in [3.63, 3.8) is 0 Å². The van der Waals surface area contributed by atoms with Gasteiger partial charge in [-0.3, -0.25) is 0 Å². The van der Waals surface area contributed by atoms with E-state index in [9.17, 15) is 4.39 Å².